The largest absolute Gasteiger partial charge is 0.328 e. The number of rotatable bonds is 7. The van der Waals surface area contributed by atoms with Crippen LogP contribution in [0.4, 0.5) is 0 Å². The van der Waals surface area contributed by atoms with Crippen LogP contribution in [0.15, 0.2) is 0 Å². The Kier molecular flexibility index (Phi) is 5.64. The number of hydrogen-bond donors (Lipinski definition) is 1. The Morgan fingerprint density at radius 1 is 1.06 bits per heavy atom. The van der Waals surface area contributed by atoms with E-state index in [9.17, 15) is 0 Å². The molecule has 2 rings (SSSR count). The second-order valence-electron chi connectivity index (χ2n) is 5.76. The standard InChI is InChI=1S/C14H28N2S/c1-17-9-5-3-2-4-8-16-13-6-7-14(16)11-12(15)10-13/h12-14H,2-11,15H2,1H3. The highest BCUT2D eigenvalue weighted by molar-refractivity contribution is 7.98. The zero-order valence-corrected chi connectivity index (χ0v) is 12.1. The van der Waals surface area contributed by atoms with E-state index in [1.807, 2.05) is 11.8 Å². The van der Waals surface area contributed by atoms with Crippen molar-refractivity contribution in [1.82, 2.24) is 4.90 Å². The van der Waals surface area contributed by atoms with E-state index in [1.165, 1.54) is 63.7 Å². The molecule has 0 aromatic carbocycles. The average molecular weight is 256 g/mol. The van der Waals surface area contributed by atoms with Gasteiger partial charge in [0, 0.05) is 18.1 Å². The molecule has 2 unspecified atom stereocenters. The van der Waals surface area contributed by atoms with Gasteiger partial charge in [-0.15, -0.1) is 0 Å². The molecule has 17 heavy (non-hydrogen) atoms. The maximum atomic E-state index is 6.10. The molecule has 0 aromatic heterocycles. The summed E-state index contributed by atoms with van der Waals surface area (Å²) in [6, 6.07) is 2.15. The number of piperidine rings is 1. The van der Waals surface area contributed by atoms with Crippen LogP contribution in [0.5, 0.6) is 0 Å². The Bertz CT molecular complexity index is 208. The molecule has 0 aromatic rings. The van der Waals surface area contributed by atoms with Gasteiger partial charge < -0.3 is 5.73 Å². The first kappa shape index (κ1) is 13.7. The molecule has 2 N–H and O–H groups in total. The molecule has 0 aliphatic carbocycles. The van der Waals surface area contributed by atoms with Gasteiger partial charge in [0.15, 0.2) is 0 Å². The quantitative estimate of drug-likeness (QED) is 0.710. The van der Waals surface area contributed by atoms with Crippen molar-refractivity contribution in [2.45, 2.75) is 69.5 Å². The van der Waals surface area contributed by atoms with Crippen LogP contribution in [-0.2, 0) is 0 Å². The normalized spacial score (nSPS) is 33.2. The molecule has 0 spiro atoms. The Balaban J connectivity index is 1.60. The summed E-state index contributed by atoms with van der Waals surface area (Å²) in [5, 5.41) is 0. The van der Waals surface area contributed by atoms with Crippen molar-refractivity contribution in [3.05, 3.63) is 0 Å². The van der Waals surface area contributed by atoms with Gasteiger partial charge in [-0.2, -0.15) is 11.8 Å². The molecule has 2 nitrogen and oxygen atoms in total. The highest BCUT2D eigenvalue weighted by atomic mass is 32.2. The molecule has 2 heterocycles. The monoisotopic (exact) mass is 256 g/mol. The van der Waals surface area contributed by atoms with Gasteiger partial charge >= 0.3 is 0 Å². The lowest BCUT2D eigenvalue weighted by atomic mass is 9.98. The highest BCUT2D eigenvalue weighted by Gasteiger charge is 2.38. The van der Waals surface area contributed by atoms with Crippen molar-refractivity contribution in [1.29, 1.82) is 0 Å². The lowest BCUT2D eigenvalue weighted by Gasteiger charge is -2.37. The molecule has 2 aliphatic rings. The SMILES string of the molecule is CSCCCCCCN1C2CCC1CC(N)C2. The third kappa shape index (κ3) is 3.87. The number of thioether (sulfide) groups is 1. The summed E-state index contributed by atoms with van der Waals surface area (Å²) < 4.78 is 0. The summed E-state index contributed by atoms with van der Waals surface area (Å²) in [6.45, 7) is 1.33. The molecule has 2 saturated heterocycles. The molecule has 2 bridgehead atoms. The Morgan fingerprint density at radius 2 is 1.71 bits per heavy atom. The van der Waals surface area contributed by atoms with Crippen LogP contribution in [0.2, 0.25) is 0 Å². The number of nitrogens with zero attached hydrogens (tertiary/aromatic N) is 1. The first-order chi connectivity index (χ1) is 8.31. The smallest absolute Gasteiger partial charge is 0.0113 e. The third-order valence-corrected chi connectivity index (χ3v) is 5.13. The van der Waals surface area contributed by atoms with Crippen LogP contribution in [0.3, 0.4) is 0 Å². The van der Waals surface area contributed by atoms with E-state index in [2.05, 4.69) is 11.2 Å². The second-order valence-corrected chi connectivity index (χ2v) is 6.75. The summed E-state index contributed by atoms with van der Waals surface area (Å²) in [5.74, 6) is 1.34. The van der Waals surface area contributed by atoms with Crippen LogP contribution in [-0.4, -0.2) is 41.6 Å². The van der Waals surface area contributed by atoms with Gasteiger partial charge in [-0.25, -0.2) is 0 Å². The summed E-state index contributed by atoms with van der Waals surface area (Å²) in [6.07, 6.45) is 13.2. The van der Waals surface area contributed by atoms with Gasteiger partial charge in [0.2, 0.25) is 0 Å². The molecule has 2 fully saturated rings. The molecular formula is C14H28N2S. The van der Waals surface area contributed by atoms with Crippen molar-refractivity contribution in [2.24, 2.45) is 5.73 Å². The lowest BCUT2D eigenvalue weighted by Crippen LogP contribution is -2.47. The average Bonchev–Trinajstić information content (AvgIpc) is 2.56. The van der Waals surface area contributed by atoms with E-state index in [-0.39, 0.29) is 0 Å². The fraction of sp³-hybridized carbons (Fsp3) is 1.00. The van der Waals surface area contributed by atoms with Gasteiger partial charge in [-0.1, -0.05) is 12.8 Å². The minimum absolute atomic E-state index is 0.491. The molecule has 0 saturated carbocycles. The molecule has 100 valence electrons. The van der Waals surface area contributed by atoms with Gasteiger partial charge in [0.1, 0.15) is 0 Å². The molecular weight excluding hydrogens is 228 g/mol. The number of nitrogens with two attached hydrogens (primary N) is 1. The van der Waals surface area contributed by atoms with Gasteiger partial charge in [0.25, 0.3) is 0 Å². The van der Waals surface area contributed by atoms with Crippen molar-refractivity contribution >= 4 is 11.8 Å². The van der Waals surface area contributed by atoms with Crippen molar-refractivity contribution in [2.75, 3.05) is 18.6 Å². The third-order valence-electron chi connectivity index (χ3n) is 4.44. The van der Waals surface area contributed by atoms with E-state index < -0.39 is 0 Å². The summed E-state index contributed by atoms with van der Waals surface area (Å²) >= 11 is 1.97. The number of hydrogen-bond acceptors (Lipinski definition) is 3. The number of unbranched alkanes of at least 4 members (excludes halogenated alkanes) is 3. The van der Waals surface area contributed by atoms with Crippen molar-refractivity contribution < 1.29 is 0 Å². The van der Waals surface area contributed by atoms with Gasteiger partial charge in [0.05, 0.1) is 0 Å². The minimum atomic E-state index is 0.491. The van der Waals surface area contributed by atoms with Crippen LogP contribution in [0.25, 0.3) is 0 Å². The molecule has 3 heteroatoms. The highest BCUT2D eigenvalue weighted by Crippen LogP contribution is 2.35. The predicted octanol–water partition coefficient (Wildman–Crippen LogP) is 2.86. The van der Waals surface area contributed by atoms with E-state index >= 15 is 0 Å². The zero-order chi connectivity index (χ0) is 12.1. The van der Waals surface area contributed by atoms with E-state index in [1.54, 1.807) is 0 Å². The maximum absolute atomic E-state index is 6.10. The Morgan fingerprint density at radius 3 is 2.35 bits per heavy atom. The second kappa shape index (κ2) is 7.01. The Labute approximate surface area is 111 Å². The number of fused-ring (bicyclic) bond motifs is 2. The van der Waals surface area contributed by atoms with Crippen LogP contribution >= 0.6 is 11.8 Å². The minimum Gasteiger partial charge on any atom is -0.328 e. The van der Waals surface area contributed by atoms with E-state index in [0.717, 1.165) is 12.1 Å². The fourth-order valence-electron chi connectivity index (χ4n) is 3.58. The van der Waals surface area contributed by atoms with E-state index in [4.69, 9.17) is 5.73 Å². The van der Waals surface area contributed by atoms with E-state index in [0.29, 0.717) is 6.04 Å². The first-order valence-electron chi connectivity index (χ1n) is 7.31. The molecule has 2 aliphatic heterocycles. The van der Waals surface area contributed by atoms with Gasteiger partial charge in [-0.05, 0) is 57.1 Å². The first-order valence-corrected chi connectivity index (χ1v) is 8.71. The zero-order valence-electron chi connectivity index (χ0n) is 11.2. The van der Waals surface area contributed by atoms with Crippen molar-refractivity contribution in [3.63, 3.8) is 0 Å². The summed E-state index contributed by atoms with van der Waals surface area (Å²) in [5.41, 5.74) is 6.10. The fourth-order valence-corrected chi connectivity index (χ4v) is 4.07. The molecule has 0 amide bonds. The van der Waals surface area contributed by atoms with Crippen LogP contribution in [0, 0.1) is 0 Å². The molecule has 0 radical (unpaired) electrons. The van der Waals surface area contributed by atoms with Gasteiger partial charge in [-0.3, -0.25) is 4.90 Å². The maximum Gasteiger partial charge on any atom is 0.0113 e. The molecule has 2 atom stereocenters. The predicted molar refractivity (Wildman–Crippen MR) is 77.6 cm³/mol. The summed E-state index contributed by atoms with van der Waals surface area (Å²) in [7, 11) is 0. The van der Waals surface area contributed by atoms with Crippen molar-refractivity contribution in [3.8, 4) is 0 Å². The van der Waals surface area contributed by atoms with Crippen LogP contribution in [0.1, 0.15) is 51.4 Å². The lowest BCUT2D eigenvalue weighted by molar-refractivity contribution is 0.125. The topological polar surface area (TPSA) is 29.3 Å². The Hall–Kier alpha value is 0.270. The summed E-state index contributed by atoms with van der Waals surface area (Å²) in [4.78, 5) is 2.78. The van der Waals surface area contributed by atoms with Crippen LogP contribution < -0.4 is 5.73 Å².